The summed E-state index contributed by atoms with van der Waals surface area (Å²) in [4.78, 5) is 26.4. The lowest BCUT2D eigenvalue weighted by molar-refractivity contribution is -0.142. The number of allylic oxidation sites excluding steroid dienone is 2. The molecule has 35 heavy (non-hydrogen) atoms. The number of ether oxygens (including phenoxy) is 2. The maximum absolute atomic E-state index is 13.6. The lowest BCUT2D eigenvalue weighted by Crippen LogP contribution is -2.33. The Balaban J connectivity index is 2.18. The Hall–Kier alpha value is -2.15. The highest BCUT2D eigenvalue weighted by Gasteiger charge is 2.40. The van der Waals surface area contributed by atoms with E-state index in [1.165, 1.54) is 0 Å². The van der Waals surface area contributed by atoms with Crippen LogP contribution in [0.25, 0.3) is 0 Å². The van der Waals surface area contributed by atoms with Crippen LogP contribution in [0.4, 0.5) is 0 Å². The molecule has 0 aromatic heterocycles. The number of esters is 1. The zero-order valence-corrected chi connectivity index (χ0v) is 22.2. The van der Waals surface area contributed by atoms with Crippen molar-refractivity contribution in [1.82, 2.24) is 5.32 Å². The van der Waals surface area contributed by atoms with Gasteiger partial charge in [0, 0.05) is 40.9 Å². The summed E-state index contributed by atoms with van der Waals surface area (Å²) in [6.45, 7) is 9.92. The third-order valence-corrected chi connectivity index (χ3v) is 6.96. The number of rotatable bonds is 10. The van der Waals surface area contributed by atoms with Crippen LogP contribution in [0.15, 0.2) is 40.7 Å². The first-order valence-corrected chi connectivity index (χ1v) is 13.0. The smallest absolute Gasteiger partial charge is 0.310 e. The van der Waals surface area contributed by atoms with Crippen molar-refractivity contribution in [2.24, 2.45) is 11.1 Å². The first-order chi connectivity index (χ1) is 16.7. The maximum Gasteiger partial charge on any atom is 0.310 e. The highest BCUT2D eigenvalue weighted by molar-refractivity contribution is 6.30. The molecular weight excluding hydrogens is 464 g/mol. The van der Waals surface area contributed by atoms with E-state index in [1.807, 2.05) is 12.1 Å². The Morgan fingerprint density at radius 3 is 2.71 bits per heavy atom. The lowest BCUT2D eigenvalue weighted by Gasteiger charge is -2.35. The first kappa shape index (κ1) is 27.4. The molecular formula is C28H39ClN2O4. The van der Waals surface area contributed by atoms with Crippen LogP contribution >= 0.6 is 11.6 Å². The SMILES string of the molecule is CCOC(=O)CC1=C(COCCCN)NC2=C(C(=O)CCC(C)(C)C2)C1c1cc(Cl)cc(CC)c1. The van der Waals surface area contributed by atoms with Crippen LogP contribution in [-0.4, -0.2) is 38.1 Å². The molecule has 1 heterocycles. The van der Waals surface area contributed by atoms with Gasteiger partial charge in [-0.05, 0) is 73.4 Å². The minimum absolute atomic E-state index is 0.0304. The third-order valence-electron chi connectivity index (χ3n) is 6.74. The largest absolute Gasteiger partial charge is 0.466 e. The molecule has 3 rings (SSSR count). The van der Waals surface area contributed by atoms with E-state index in [9.17, 15) is 9.59 Å². The van der Waals surface area contributed by atoms with E-state index in [1.54, 1.807) is 6.92 Å². The van der Waals surface area contributed by atoms with Gasteiger partial charge in [-0.15, -0.1) is 0 Å². The van der Waals surface area contributed by atoms with E-state index in [4.69, 9.17) is 26.8 Å². The Bertz CT molecular complexity index is 1010. The van der Waals surface area contributed by atoms with Crippen molar-refractivity contribution in [3.63, 3.8) is 0 Å². The van der Waals surface area contributed by atoms with E-state index in [-0.39, 0.29) is 29.5 Å². The highest BCUT2D eigenvalue weighted by Crippen LogP contribution is 2.46. The Labute approximate surface area is 214 Å². The lowest BCUT2D eigenvalue weighted by atomic mass is 9.76. The molecule has 1 unspecified atom stereocenters. The van der Waals surface area contributed by atoms with Gasteiger partial charge in [0.25, 0.3) is 0 Å². The number of halogens is 1. The van der Waals surface area contributed by atoms with Crippen molar-refractivity contribution in [3.8, 4) is 0 Å². The van der Waals surface area contributed by atoms with Crippen molar-refractivity contribution in [1.29, 1.82) is 0 Å². The van der Waals surface area contributed by atoms with E-state index in [0.29, 0.717) is 37.8 Å². The summed E-state index contributed by atoms with van der Waals surface area (Å²) in [5.41, 5.74) is 10.9. The minimum atomic E-state index is -0.380. The van der Waals surface area contributed by atoms with Gasteiger partial charge >= 0.3 is 5.97 Å². The van der Waals surface area contributed by atoms with Gasteiger partial charge in [-0.1, -0.05) is 38.4 Å². The second-order valence-electron chi connectivity index (χ2n) is 10.1. The van der Waals surface area contributed by atoms with Crippen molar-refractivity contribution in [2.45, 2.75) is 72.1 Å². The summed E-state index contributed by atoms with van der Waals surface area (Å²) in [5, 5.41) is 4.16. The number of nitrogens with one attached hydrogen (secondary N) is 1. The second-order valence-corrected chi connectivity index (χ2v) is 10.6. The number of nitrogens with two attached hydrogens (primary N) is 1. The molecule has 1 aliphatic carbocycles. The molecule has 0 radical (unpaired) electrons. The van der Waals surface area contributed by atoms with Gasteiger partial charge < -0.3 is 20.5 Å². The zero-order valence-electron chi connectivity index (χ0n) is 21.5. The van der Waals surface area contributed by atoms with Crippen LogP contribution in [0.5, 0.6) is 0 Å². The van der Waals surface area contributed by atoms with E-state index in [2.05, 4.69) is 32.2 Å². The molecule has 0 saturated carbocycles. The van der Waals surface area contributed by atoms with Crippen LogP contribution in [0.2, 0.25) is 5.02 Å². The number of Topliss-reactive ketones (excluding diaryl/α,β-unsaturated/α-hetero) is 1. The fourth-order valence-corrected chi connectivity index (χ4v) is 5.22. The molecule has 2 aliphatic rings. The highest BCUT2D eigenvalue weighted by atomic mass is 35.5. The van der Waals surface area contributed by atoms with Crippen molar-refractivity contribution in [3.05, 3.63) is 56.9 Å². The van der Waals surface area contributed by atoms with Gasteiger partial charge in [0.15, 0.2) is 5.78 Å². The Kier molecular flexibility index (Phi) is 9.56. The summed E-state index contributed by atoms with van der Waals surface area (Å²) in [7, 11) is 0. The van der Waals surface area contributed by atoms with Gasteiger partial charge in [-0.2, -0.15) is 0 Å². The number of hydrogen-bond donors (Lipinski definition) is 2. The van der Waals surface area contributed by atoms with Gasteiger partial charge in [-0.3, -0.25) is 9.59 Å². The van der Waals surface area contributed by atoms with Crippen LogP contribution < -0.4 is 11.1 Å². The predicted octanol–water partition coefficient (Wildman–Crippen LogP) is 5.20. The average Bonchev–Trinajstić information content (AvgIpc) is 2.91. The summed E-state index contributed by atoms with van der Waals surface area (Å²) >= 11 is 6.53. The van der Waals surface area contributed by atoms with E-state index >= 15 is 0 Å². The number of ketones is 1. The summed E-state index contributed by atoms with van der Waals surface area (Å²) in [6, 6.07) is 5.97. The quantitative estimate of drug-likeness (QED) is 0.338. The normalized spacial score (nSPS) is 19.8. The van der Waals surface area contributed by atoms with Crippen LogP contribution in [0.3, 0.4) is 0 Å². The molecule has 1 aromatic rings. The second kappa shape index (κ2) is 12.2. The van der Waals surface area contributed by atoms with Crippen LogP contribution in [0, 0.1) is 5.41 Å². The number of dihydropyridines is 1. The first-order valence-electron chi connectivity index (χ1n) is 12.7. The minimum Gasteiger partial charge on any atom is -0.466 e. The van der Waals surface area contributed by atoms with Crippen molar-refractivity contribution >= 4 is 23.4 Å². The molecule has 192 valence electrons. The van der Waals surface area contributed by atoms with Crippen LogP contribution in [-0.2, 0) is 25.5 Å². The van der Waals surface area contributed by atoms with Gasteiger partial charge in [0.1, 0.15) is 0 Å². The molecule has 0 saturated heterocycles. The van der Waals surface area contributed by atoms with E-state index < -0.39 is 0 Å². The monoisotopic (exact) mass is 502 g/mol. The molecule has 0 bridgehead atoms. The molecule has 3 N–H and O–H groups in total. The van der Waals surface area contributed by atoms with E-state index in [0.717, 1.165) is 59.4 Å². The average molecular weight is 503 g/mol. The molecule has 1 atom stereocenters. The Morgan fingerprint density at radius 2 is 2.03 bits per heavy atom. The van der Waals surface area contributed by atoms with Crippen molar-refractivity contribution in [2.75, 3.05) is 26.4 Å². The summed E-state index contributed by atoms with van der Waals surface area (Å²) in [6.07, 6.45) is 3.65. The Morgan fingerprint density at radius 1 is 1.26 bits per heavy atom. The van der Waals surface area contributed by atoms with Crippen molar-refractivity contribution < 1.29 is 19.1 Å². The van der Waals surface area contributed by atoms with Gasteiger partial charge in [-0.25, -0.2) is 0 Å². The number of carbonyl (C=O) groups is 2. The maximum atomic E-state index is 13.6. The number of benzene rings is 1. The molecule has 7 heteroatoms. The van der Waals surface area contributed by atoms with Gasteiger partial charge in [0.2, 0.25) is 0 Å². The topological polar surface area (TPSA) is 90.7 Å². The molecule has 6 nitrogen and oxygen atoms in total. The fraction of sp³-hybridized carbons (Fsp3) is 0.571. The molecule has 1 aliphatic heterocycles. The molecule has 1 aromatic carbocycles. The molecule has 0 fully saturated rings. The molecule has 0 amide bonds. The zero-order chi connectivity index (χ0) is 25.6. The summed E-state index contributed by atoms with van der Waals surface area (Å²) < 4.78 is 11.3. The van der Waals surface area contributed by atoms with Gasteiger partial charge in [0.05, 0.1) is 19.6 Å². The van der Waals surface area contributed by atoms with Crippen LogP contribution in [0.1, 0.15) is 76.8 Å². The fourth-order valence-electron chi connectivity index (χ4n) is 4.95. The number of carbonyl (C=O) groups excluding carboxylic acids is 2. The number of aryl methyl sites for hydroxylation is 1. The standard InChI is InChI=1S/C28H39ClN2O4/c1-5-18-12-19(14-20(29)13-18)26-21(15-25(33)35-6-2)23(17-34-11-7-10-30)31-22-16-28(3,4)9-8-24(32)27(22)26/h12-14,26,31H,5-11,15-17,30H2,1-4H3. The third kappa shape index (κ3) is 6.96. The molecule has 0 spiro atoms. The summed E-state index contributed by atoms with van der Waals surface area (Å²) in [5.74, 6) is -0.586. The predicted molar refractivity (Wildman–Crippen MR) is 139 cm³/mol. The number of hydrogen-bond acceptors (Lipinski definition) is 6.